The maximum atomic E-state index is 11.6. The van der Waals surface area contributed by atoms with Gasteiger partial charge in [-0.05, 0) is 13.3 Å². The summed E-state index contributed by atoms with van der Waals surface area (Å²) in [7, 11) is 0. The van der Waals surface area contributed by atoms with E-state index in [2.05, 4.69) is 0 Å². The van der Waals surface area contributed by atoms with E-state index < -0.39 is 6.10 Å². The number of amides is 2. The summed E-state index contributed by atoms with van der Waals surface area (Å²) >= 11 is 0. The molecule has 1 atom stereocenters. The summed E-state index contributed by atoms with van der Waals surface area (Å²) in [4.78, 5) is 26.1. The van der Waals surface area contributed by atoms with E-state index in [1.807, 2.05) is 6.92 Å². The Morgan fingerprint density at radius 3 is 2.33 bits per heavy atom. The summed E-state index contributed by atoms with van der Waals surface area (Å²) in [5.74, 6) is -0.110. The minimum Gasteiger partial charge on any atom is -0.392 e. The lowest BCUT2D eigenvalue weighted by atomic mass is 10.2. The predicted molar refractivity (Wildman–Crippen MR) is 55.1 cm³/mol. The highest BCUT2D eigenvalue weighted by Crippen LogP contribution is 2.06. The fourth-order valence-corrected chi connectivity index (χ4v) is 1.66. The third-order valence-electron chi connectivity index (χ3n) is 2.34. The quantitative estimate of drug-likeness (QED) is 0.683. The van der Waals surface area contributed by atoms with Crippen LogP contribution in [-0.2, 0) is 9.59 Å². The average Bonchev–Trinajstić information content (AvgIpc) is 2.13. The molecule has 1 aliphatic heterocycles. The molecule has 0 bridgehead atoms. The van der Waals surface area contributed by atoms with Gasteiger partial charge in [0, 0.05) is 13.1 Å². The summed E-state index contributed by atoms with van der Waals surface area (Å²) in [6.45, 7) is 4.71. The van der Waals surface area contributed by atoms with E-state index in [1.165, 1.54) is 4.90 Å². The maximum Gasteiger partial charge on any atom is 0.242 e. The number of hydrogen-bond acceptors (Lipinski definition) is 3. The Bertz CT molecular complexity index is 253. The van der Waals surface area contributed by atoms with Crippen LogP contribution in [0.5, 0.6) is 0 Å². The molecule has 0 aromatic rings. The third kappa shape index (κ3) is 3.20. The van der Waals surface area contributed by atoms with Crippen molar-refractivity contribution >= 4 is 11.8 Å². The number of β-amino-alcohol motifs (C(OH)–C–C–N with tert-alkyl or cyclic N) is 1. The van der Waals surface area contributed by atoms with Crippen molar-refractivity contribution < 1.29 is 14.7 Å². The van der Waals surface area contributed by atoms with Gasteiger partial charge in [0.15, 0.2) is 0 Å². The fraction of sp³-hybridized carbons (Fsp3) is 0.800. The Hall–Kier alpha value is -1.10. The molecule has 1 N–H and O–H groups in total. The number of aliphatic hydroxyl groups excluding tert-OH is 1. The van der Waals surface area contributed by atoms with E-state index >= 15 is 0 Å². The van der Waals surface area contributed by atoms with Crippen molar-refractivity contribution in [2.24, 2.45) is 0 Å². The number of piperazine rings is 1. The molecule has 1 rings (SSSR count). The van der Waals surface area contributed by atoms with Crippen LogP contribution in [0.15, 0.2) is 0 Å². The lowest BCUT2D eigenvalue weighted by Crippen LogP contribution is -2.55. The number of carbonyl (C=O) groups excluding carboxylic acids is 2. The molecule has 2 amide bonds. The van der Waals surface area contributed by atoms with E-state index in [-0.39, 0.29) is 31.4 Å². The molecule has 5 heteroatoms. The van der Waals surface area contributed by atoms with E-state index in [0.717, 1.165) is 6.42 Å². The first-order chi connectivity index (χ1) is 7.04. The van der Waals surface area contributed by atoms with Gasteiger partial charge in [0.25, 0.3) is 0 Å². The van der Waals surface area contributed by atoms with Crippen LogP contribution in [0.1, 0.15) is 20.3 Å². The highest BCUT2D eigenvalue weighted by Gasteiger charge is 2.29. The Labute approximate surface area is 89.7 Å². The number of rotatable bonds is 4. The summed E-state index contributed by atoms with van der Waals surface area (Å²) < 4.78 is 0. The monoisotopic (exact) mass is 214 g/mol. The molecule has 1 fully saturated rings. The van der Waals surface area contributed by atoms with Gasteiger partial charge < -0.3 is 14.9 Å². The van der Waals surface area contributed by atoms with Gasteiger partial charge in [-0.2, -0.15) is 0 Å². The molecule has 0 aromatic heterocycles. The van der Waals surface area contributed by atoms with Crippen LogP contribution in [0.2, 0.25) is 0 Å². The molecule has 0 unspecified atom stereocenters. The van der Waals surface area contributed by atoms with Crippen molar-refractivity contribution in [2.75, 3.05) is 26.2 Å². The highest BCUT2D eigenvalue weighted by atomic mass is 16.3. The topological polar surface area (TPSA) is 60.9 Å². The second kappa shape index (κ2) is 5.11. The summed E-state index contributed by atoms with van der Waals surface area (Å²) in [5.41, 5.74) is 0. The number of aliphatic hydroxyl groups is 1. The summed E-state index contributed by atoms with van der Waals surface area (Å²) in [6.07, 6.45) is 0.273. The molecule has 0 saturated carbocycles. The molecule has 0 aromatic carbocycles. The van der Waals surface area contributed by atoms with Crippen LogP contribution in [-0.4, -0.2) is 59.0 Å². The first-order valence-electron chi connectivity index (χ1n) is 5.28. The number of hydrogen-bond donors (Lipinski definition) is 1. The van der Waals surface area contributed by atoms with Gasteiger partial charge in [0.2, 0.25) is 11.8 Å². The third-order valence-corrected chi connectivity index (χ3v) is 2.34. The Morgan fingerprint density at radius 1 is 1.27 bits per heavy atom. The SMILES string of the molecule is CCCN1CC(=O)N(C[C@@H](C)O)CC1=O. The molecular formula is C10H18N2O3. The average molecular weight is 214 g/mol. The van der Waals surface area contributed by atoms with Gasteiger partial charge in [-0.3, -0.25) is 9.59 Å². The number of carbonyl (C=O) groups is 2. The molecule has 0 spiro atoms. The van der Waals surface area contributed by atoms with Gasteiger partial charge in [-0.15, -0.1) is 0 Å². The highest BCUT2D eigenvalue weighted by molar-refractivity contribution is 5.92. The van der Waals surface area contributed by atoms with Crippen molar-refractivity contribution in [3.05, 3.63) is 0 Å². The zero-order valence-electron chi connectivity index (χ0n) is 9.27. The van der Waals surface area contributed by atoms with Crippen LogP contribution in [0.4, 0.5) is 0 Å². The van der Waals surface area contributed by atoms with Gasteiger partial charge in [-0.25, -0.2) is 0 Å². The normalized spacial score (nSPS) is 19.7. The Kier molecular flexibility index (Phi) is 4.08. The van der Waals surface area contributed by atoms with Crippen molar-refractivity contribution in [1.29, 1.82) is 0 Å². The molecular weight excluding hydrogens is 196 g/mol. The molecule has 1 heterocycles. The Balaban J connectivity index is 2.55. The second-order valence-corrected chi connectivity index (χ2v) is 3.94. The van der Waals surface area contributed by atoms with Crippen LogP contribution < -0.4 is 0 Å². The van der Waals surface area contributed by atoms with Gasteiger partial charge in [0.1, 0.15) is 0 Å². The van der Waals surface area contributed by atoms with Crippen LogP contribution in [0.3, 0.4) is 0 Å². The first kappa shape index (κ1) is 12.0. The van der Waals surface area contributed by atoms with Gasteiger partial charge in [0.05, 0.1) is 19.2 Å². The molecule has 15 heavy (non-hydrogen) atoms. The van der Waals surface area contributed by atoms with Gasteiger partial charge in [-0.1, -0.05) is 6.92 Å². The van der Waals surface area contributed by atoms with E-state index in [0.29, 0.717) is 6.54 Å². The predicted octanol–water partition coefficient (Wildman–Crippen LogP) is -0.552. The minimum atomic E-state index is -0.584. The molecule has 0 radical (unpaired) electrons. The fourth-order valence-electron chi connectivity index (χ4n) is 1.66. The lowest BCUT2D eigenvalue weighted by Gasteiger charge is -2.34. The van der Waals surface area contributed by atoms with Crippen molar-refractivity contribution in [2.45, 2.75) is 26.4 Å². The molecule has 1 aliphatic rings. The minimum absolute atomic E-state index is 0.0305. The maximum absolute atomic E-state index is 11.6. The molecule has 86 valence electrons. The van der Waals surface area contributed by atoms with Crippen molar-refractivity contribution in [3.8, 4) is 0 Å². The summed E-state index contributed by atoms with van der Waals surface area (Å²) in [5, 5.41) is 9.16. The zero-order chi connectivity index (χ0) is 11.4. The smallest absolute Gasteiger partial charge is 0.242 e. The molecule has 5 nitrogen and oxygen atoms in total. The lowest BCUT2D eigenvalue weighted by molar-refractivity contribution is -0.151. The van der Waals surface area contributed by atoms with Crippen molar-refractivity contribution in [3.63, 3.8) is 0 Å². The van der Waals surface area contributed by atoms with Crippen LogP contribution >= 0.6 is 0 Å². The van der Waals surface area contributed by atoms with Crippen LogP contribution in [0.25, 0.3) is 0 Å². The standard InChI is InChI=1S/C10H18N2O3/c1-3-4-11-6-10(15)12(5-8(2)13)7-9(11)14/h8,13H,3-7H2,1-2H3/t8-/m1/s1. The van der Waals surface area contributed by atoms with Crippen molar-refractivity contribution in [1.82, 2.24) is 9.80 Å². The Morgan fingerprint density at radius 2 is 1.80 bits per heavy atom. The number of nitrogens with zero attached hydrogens (tertiary/aromatic N) is 2. The second-order valence-electron chi connectivity index (χ2n) is 3.94. The molecule has 0 aliphatic carbocycles. The van der Waals surface area contributed by atoms with Crippen LogP contribution in [0, 0.1) is 0 Å². The van der Waals surface area contributed by atoms with E-state index in [4.69, 9.17) is 5.11 Å². The summed E-state index contributed by atoms with van der Waals surface area (Å²) in [6, 6.07) is 0. The molecule has 1 saturated heterocycles. The van der Waals surface area contributed by atoms with Gasteiger partial charge >= 0.3 is 0 Å². The zero-order valence-corrected chi connectivity index (χ0v) is 9.27. The van der Waals surface area contributed by atoms with E-state index in [9.17, 15) is 9.59 Å². The van der Waals surface area contributed by atoms with E-state index in [1.54, 1.807) is 11.8 Å². The largest absolute Gasteiger partial charge is 0.392 e. The first-order valence-corrected chi connectivity index (χ1v) is 5.28.